The van der Waals surface area contributed by atoms with Gasteiger partial charge in [0.1, 0.15) is 0 Å². The van der Waals surface area contributed by atoms with E-state index in [1.165, 1.54) is 17.2 Å². The SMILES string of the molecule is C=C(C)CN1C(=O)[C@](O)(CC(=O)c2ccco2)c2ccccc21. The molecule has 0 saturated carbocycles. The van der Waals surface area contributed by atoms with Gasteiger partial charge in [-0.05, 0) is 25.1 Å². The summed E-state index contributed by atoms with van der Waals surface area (Å²) in [4.78, 5) is 26.6. The minimum absolute atomic E-state index is 0.127. The Morgan fingerprint density at radius 3 is 2.70 bits per heavy atom. The third-order valence-electron chi connectivity index (χ3n) is 3.88. The first-order chi connectivity index (χ1) is 10.9. The fourth-order valence-corrected chi connectivity index (χ4v) is 2.86. The van der Waals surface area contributed by atoms with E-state index in [4.69, 9.17) is 4.42 Å². The van der Waals surface area contributed by atoms with E-state index in [1.54, 1.807) is 37.3 Å². The maximum atomic E-state index is 12.8. The Balaban J connectivity index is 1.99. The number of benzene rings is 1. The number of aliphatic hydroxyl groups is 1. The highest BCUT2D eigenvalue weighted by Crippen LogP contribution is 2.43. The zero-order valence-electron chi connectivity index (χ0n) is 12.8. The van der Waals surface area contributed by atoms with Crippen LogP contribution in [0.4, 0.5) is 5.69 Å². The third kappa shape index (κ3) is 2.49. The summed E-state index contributed by atoms with van der Waals surface area (Å²) in [6, 6.07) is 10.1. The van der Waals surface area contributed by atoms with Gasteiger partial charge in [-0.25, -0.2) is 0 Å². The summed E-state index contributed by atoms with van der Waals surface area (Å²) in [5.74, 6) is -0.804. The van der Waals surface area contributed by atoms with Crippen LogP contribution in [0.25, 0.3) is 0 Å². The molecule has 0 radical (unpaired) electrons. The standard InChI is InChI=1S/C18H17NO4/c1-12(2)11-19-14-7-4-3-6-13(14)18(22,17(19)21)10-15(20)16-8-5-9-23-16/h3-9,22H,1,10-11H2,2H3/t18-/m0/s1. The minimum atomic E-state index is -1.88. The molecular weight excluding hydrogens is 294 g/mol. The predicted octanol–water partition coefficient (Wildman–Crippen LogP) is 2.66. The van der Waals surface area contributed by atoms with E-state index >= 15 is 0 Å². The summed E-state index contributed by atoms with van der Waals surface area (Å²) in [7, 11) is 0. The largest absolute Gasteiger partial charge is 0.461 e. The minimum Gasteiger partial charge on any atom is -0.461 e. The zero-order valence-corrected chi connectivity index (χ0v) is 12.8. The smallest absolute Gasteiger partial charge is 0.264 e. The van der Waals surface area contributed by atoms with Crippen LogP contribution in [0, 0.1) is 0 Å². The number of amides is 1. The van der Waals surface area contributed by atoms with Crippen molar-refractivity contribution in [1.29, 1.82) is 0 Å². The molecule has 1 amide bonds. The molecule has 0 saturated heterocycles. The van der Waals surface area contributed by atoms with Crippen molar-refractivity contribution in [3.05, 3.63) is 66.1 Å². The maximum Gasteiger partial charge on any atom is 0.264 e. The topological polar surface area (TPSA) is 70.8 Å². The second-order valence-corrected chi connectivity index (χ2v) is 5.80. The zero-order chi connectivity index (χ0) is 16.6. The van der Waals surface area contributed by atoms with E-state index in [0.29, 0.717) is 17.8 Å². The van der Waals surface area contributed by atoms with E-state index in [9.17, 15) is 14.7 Å². The summed E-state index contributed by atoms with van der Waals surface area (Å²) >= 11 is 0. The molecule has 0 aliphatic carbocycles. The van der Waals surface area contributed by atoms with Crippen LogP contribution in [-0.4, -0.2) is 23.3 Å². The number of fused-ring (bicyclic) bond motifs is 1. The van der Waals surface area contributed by atoms with E-state index in [2.05, 4.69) is 6.58 Å². The molecule has 1 aromatic carbocycles. The number of rotatable bonds is 5. The van der Waals surface area contributed by atoms with Gasteiger partial charge in [-0.1, -0.05) is 30.4 Å². The normalized spacial score (nSPS) is 19.7. The van der Waals surface area contributed by atoms with Crippen molar-refractivity contribution in [2.24, 2.45) is 0 Å². The third-order valence-corrected chi connectivity index (χ3v) is 3.88. The Labute approximate surface area is 133 Å². The molecule has 1 N–H and O–H groups in total. The van der Waals surface area contributed by atoms with Crippen LogP contribution in [0.15, 0.2) is 59.2 Å². The van der Waals surface area contributed by atoms with Crippen molar-refractivity contribution in [3.8, 4) is 0 Å². The lowest BCUT2D eigenvalue weighted by Crippen LogP contribution is -2.42. The van der Waals surface area contributed by atoms with Gasteiger partial charge in [0.15, 0.2) is 11.4 Å². The molecule has 3 rings (SSSR count). The molecule has 1 aliphatic heterocycles. The van der Waals surface area contributed by atoms with E-state index in [-0.39, 0.29) is 12.2 Å². The van der Waals surface area contributed by atoms with Gasteiger partial charge in [0.05, 0.1) is 18.4 Å². The quantitative estimate of drug-likeness (QED) is 0.681. The van der Waals surface area contributed by atoms with Gasteiger partial charge in [0, 0.05) is 12.1 Å². The first-order valence-electron chi connectivity index (χ1n) is 7.28. The number of carbonyl (C=O) groups excluding carboxylic acids is 2. The second kappa shape index (κ2) is 5.52. The van der Waals surface area contributed by atoms with Crippen molar-refractivity contribution in [2.75, 3.05) is 11.4 Å². The van der Waals surface area contributed by atoms with Crippen LogP contribution in [0.3, 0.4) is 0 Å². The second-order valence-electron chi connectivity index (χ2n) is 5.80. The average molecular weight is 311 g/mol. The average Bonchev–Trinajstić information content (AvgIpc) is 3.11. The van der Waals surface area contributed by atoms with Crippen LogP contribution in [-0.2, 0) is 10.4 Å². The number of anilines is 1. The van der Waals surface area contributed by atoms with Crippen molar-refractivity contribution in [3.63, 3.8) is 0 Å². The predicted molar refractivity (Wildman–Crippen MR) is 85.2 cm³/mol. The Hall–Kier alpha value is -2.66. The number of nitrogens with zero attached hydrogens (tertiary/aromatic N) is 1. The fourth-order valence-electron chi connectivity index (χ4n) is 2.86. The highest BCUT2D eigenvalue weighted by molar-refractivity contribution is 6.10. The molecule has 23 heavy (non-hydrogen) atoms. The molecule has 2 heterocycles. The van der Waals surface area contributed by atoms with Gasteiger partial charge in [-0.15, -0.1) is 0 Å². The monoisotopic (exact) mass is 311 g/mol. The highest BCUT2D eigenvalue weighted by atomic mass is 16.3. The summed E-state index contributed by atoms with van der Waals surface area (Å²) in [6.07, 6.45) is 1.03. The van der Waals surface area contributed by atoms with Crippen molar-refractivity contribution >= 4 is 17.4 Å². The first kappa shape index (κ1) is 15.2. The van der Waals surface area contributed by atoms with Gasteiger partial charge in [-0.3, -0.25) is 9.59 Å². The molecule has 5 heteroatoms. The highest BCUT2D eigenvalue weighted by Gasteiger charge is 2.50. The van der Waals surface area contributed by atoms with E-state index in [1.807, 2.05) is 0 Å². The lowest BCUT2D eigenvalue weighted by Gasteiger charge is -2.22. The van der Waals surface area contributed by atoms with Gasteiger partial charge in [0.2, 0.25) is 5.78 Å². The molecule has 5 nitrogen and oxygen atoms in total. The molecule has 1 atom stereocenters. The fraction of sp³-hybridized carbons (Fsp3) is 0.222. The molecule has 0 bridgehead atoms. The van der Waals surface area contributed by atoms with Crippen LogP contribution < -0.4 is 4.90 Å². The Kier molecular flexibility index (Phi) is 3.66. The number of Topliss-reactive ketones (excluding diaryl/α,β-unsaturated/α-hetero) is 1. The number of hydrogen-bond acceptors (Lipinski definition) is 4. The molecule has 0 unspecified atom stereocenters. The Morgan fingerprint density at radius 2 is 2.04 bits per heavy atom. The lowest BCUT2D eigenvalue weighted by atomic mass is 9.89. The van der Waals surface area contributed by atoms with Gasteiger partial charge in [0.25, 0.3) is 5.91 Å². The molecule has 1 aliphatic rings. The lowest BCUT2D eigenvalue weighted by molar-refractivity contribution is -0.135. The number of para-hydroxylation sites is 1. The molecule has 0 fully saturated rings. The van der Waals surface area contributed by atoms with E-state index in [0.717, 1.165) is 5.57 Å². The summed E-state index contributed by atoms with van der Waals surface area (Å²) in [5.41, 5.74) is -0.0493. The summed E-state index contributed by atoms with van der Waals surface area (Å²) in [5, 5.41) is 11.0. The Bertz CT molecular complexity index is 778. The van der Waals surface area contributed by atoms with Crippen molar-refractivity contribution < 1.29 is 19.1 Å². The molecule has 118 valence electrons. The van der Waals surface area contributed by atoms with Gasteiger partial charge < -0.3 is 14.4 Å². The van der Waals surface area contributed by atoms with Crippen LogP contribution in [0.2, 0.25) is 0 Å². The maximum absolute atomic E-state index is 12.8. The van der Waals surface area contributed by atoms with Crippen LogP contribution in [0.5, 0.6) is 0 Å². The molecule has 2 aromatic rings. The summed E-state index contributed by atoms with van der Waals surface area (Å²) in [6.45, 7) is 5.92. The molecule has 0 spiro atoms. The van der Waals surface area contributed by atoms with E-state index < -0.39 is 17.3 Å². The number of hydrogen-bond donors (Lipinski definition) is 1. The van der Waals surface area contributed by atoms with Crippen LogP contribution >= 0.6 is 0 Å². The molecular formula is C18H17NO4. The number of ketones is 1. The van der Waals surface area contributed by atoms with Crippen LogP contribution in [0.1, 0.15) is 29.5 Å². The van der Waals surface area contributed by atoms with Gasteiger partial charge in [-0.2, -0.15) is 0 Å². The Morgan fingerprint density at radius 1 is 1.30 bits per heavy atom. The first-order valence-corrected chi connectivity index (χ1v) is 7.28. The van der Waals surface area contributed by atoms with Crippen molar-refractivity contribution in [1.82, 2.24) is 0 Å². The van der Waals surface area contributed by atoms with Crippen molar-refractivity contribution in [2.45, 2.75) is 18.9 Å². The van der Waals surface area contributed by atoms with Gasteiger partial charge >= 0.3 is 0 Å². The summed E-state index contributed by atoms with van der Waals surface area (Å²) < 4.78 is 5.07. The number of furan rings is 1. The number of carbonyl (C=O) groups is 2. The molecule has 1 aromatic heterocycles.